The minimum absolute atomic E-state index is 0.362. The minimum Gasteiger partial charge on any atom is -0.399 e. The summed E-state index contributed by atoms with van der Waals surface area (Å²) in [7, 11) is -0.381. The van der Waals surface area contributed by atoms with Gasteiger partial charge in [-0.1, -0.05) is 54.6 Å². The number of hydrogen-bond acceptors (Lipinski definition) is 3. The SMILES string of the molecule is CC1(C)OB(c2c(CNc3ccccc3)ccc3ccccc23)OC1(C)C. The van der Waals surface area contributed by atoms with Gasteiger partial charge in [0.15, 0.2) is 0 Å². The molecule has 1 heterocycles. The molecule has 1 aliphatic rings. The highest BCUT2D eigenvalue weighted by atomic mass is 16.7. The lowest BCUT2D eigenvalue weighted by molar-refractivity contribution is 0.00578. The van der Waals surface area contributed by atoms with Gasteiger partial charge in [0, 0.05) is 12.2 Å². The van der Waals surface area contributed by atoms with Crippen molar-refractivity contribution in [2.75, 3.05) is 5.32 Å². The normalized spacial score (nSPS) is 18.0. The largest absolute Gasteiger partial charge is 0.495 e. The summed E-state index contributed by atoms with van der Waals surface area (Å²) < 4.78 is 12.8. The van der Waals surface area contributed by atoms with Crippen molar-refractivity contribution in [2.45, 2.75) is 45.4 Å². The molecule has 138 valence electrons. The second-order valence-electron chi connectivity index (χ2n) is 8.17. The van der Waals surface area contributed by atoms with Crippen LogP contribution in [0.4, 0.5) is 5.69 Å². The van der Waals surface area contributed by atoms with Gasteiger partial charge in [-0.15, -0.1) is 0 Å². The zero-order valence-electron chi connectivity index (χ0n) is 16.5. The third-order valence-electron chi connectivity index (χ3n) is 5.81. The molecule has 3 nitrogen and oxygen atoms in total. The summed E-state index contributed by atoms with van der Waals surface area (Å²) in [6, 6.07) is 23.0. The number of hydrogen-bond donors (Lipinski definition) is 1. The van der Waals surface area contributed by atoms with E-state index in [9.17, 15) is 0 Å². The van der Waals surface area contributed by atoms with Crippen molar-refractivity contribution in [1.29, 1.82) is 0 Å². The van der Waals surface area contributed by atoms with E-state index in [1.807, 2.05) is 18.2 Å². The van der Waals surface area contributed by atoms with E-state index >= 15 is 0 Å². The molecule has 0 amide bonds. The Bertz CT molecular complexity index is 937. The molecule has 3 aromatic carbocycles. The Morgan fingerprint density at radius 2 is 1.41 bits per heavy atom. The number of rotatable bonds is 4. The highest BCUT2D eigenvalue weighted by Crippen LogP contribution is 2.37. The fourth-order valence-electron chi connectivity index (χ4n) is 3.49. The lowest BCUT2D eigenvalue weighted by Gasteiger charge is -2.32. The number of anilines is 1. The van der Waals surface area contributed by atoms with E-state index in [-0.39, 0.29) is 18.3 Å². The summed E-state index contributed by atoms with van der Waals surface area (Å²) in [4.78, 5) is 0. The first kappa shape index (κ1) is 18.1. The fourth-order valence-corrected chi connectivity index (χ4v) is 3.49. The second kappa shape index (κ2) is 6.70. The molecule has 0 saturated carbocycles. The molecule has 3 aromatic rings. The summed E-state index contributed by atoms with van der Waals surface area (Å²) >= 11 is 0. The summed E-state index contributed by atoms with van der Waals surface area (Å²) in [5, 5.41) is 5.90. The molecule has 0 radical (unpaired) electrons. The lowest BCUT2D eigenvalue weighted by atomic mass is 9.73. The average Bonchev–Trinajstić information content (AvgIpc) is 2.87. The molecule has 4 rings (SSSR count). The highest BCUT2D eigenvalue weighted by Gasteiger charge is 2.52. The molecule has 1 fully saturated rings. The number of benzene rings is 3. The zero-order valence-corrected chi connectivity index (χ0v) is 16.5. The van der Waals surface area contributed by atoms with Gasteiger partial charge in [-0.25, -0.2) is 0 Å². The quantitative estimate of drug-likeness (QED) is 0.682. The summed E-state index contributed by atoms with van der Waals surface area (Å²) in [5.41, 5.74) is 2.69. The molecule has 0 aliphatic carbocycles. The monoisotopic (exact) mass is 359 g/mol. The molecule has 4 heteroatoms. The van der Waals surface area contributed by atoms with Crippen LogP contribution >= 0.6 is 0 Å². The van der Waals surface area contributed by atoms with Crippen LogP contribution in [0.5, 0.6) is 0 Å². The average molecular weight is 359 g/mol. The molecule has 0 spiro atoms. The summed E-state index contributed by atoms with van der Waals surface area (Å²) in [5.74, 6) is 0. The maximum Gasteiger partial charge on any atom is 0.495 e. The summed E-state index contributed by atoms with van der Waals surface area (Å²) in [6.07, 6.45) is 0. The molecule has 0 aromatic heterocycles. The number of nitrogens with one attached hydrogen (secondary N) is 1. The van der Waals surface area contributed by atoms with E-state index in [4.69, 9.17) is 9.31 Å². The van der Waals surface area contributed by atoms with Crippen molar-refractivity contribution < 1.29 is 9.31 Å². The van der Waals surface area contributed by atoms with Gasteiger partial charge >= 0.3 is 7.12 Å². The predicted octanol–water partition coefficient (Wildman–Crippen LogP) is 4.75. The summed E-state index contributed by atoms with van der Waals surface area (Å²) in [6.45, 7) is 9.11. The molecule has 1 N–H and O–H groups in total. The predicted molar refractivity (Wildman–Crippen MR) is 113 cm³/mol. The van der Waals surface area contributed by atoms with E-state index in [0.29, 0.717) is 6.54 Å². The molecular formula is C23H26BNO2. The van der Waals surface area contributed by atoms with Gasteiger partial charge < -0.3 is 14.6 Å². The van der Waals surface area contributed by atoms with Crippen LogP contribution < -0.4 is 10.8 Å². The Hall–Kier alpha value is -2.30. The maximum atomic E-state index is 6.40. The maximum absolute atomic E-state index is 6.40. The lowest BCUT2D eigenvalue weighted by Crippen LogP contribution is -2.41. The first-order valence-electron chi connectivity index (χ1n) is 9.52. The van der Waals surface area contributed by atoms with Gasteiger partial charge in [-0.2, -0.15) is 0 Å². The van der Waals surface area contributed by atoms with Crippen LogP contribution in [0.15, 0.2) is 66.7 Å². The van der Waals surface area contributed by atoms with Crippen LogP contribution in [-0.4, -0.2) is 18.3 Å². The minimum atomic E-state index is -0.381. The highest BCUT2D eigenvalue weighted by molar-refractivity contribution is 6.65. The number of fused-ring (bicyclic) bond motifs is 1. The first-order valence-corrected chi connectivity index (χ1v) is 9.52. The van der Waals surface area contributed by atoms with Gasteiger partial charge in [0.25, 0.3) is 0 Å². The molecule has 0 unspecified atom stereocenters. The van der Waals surface area contributed by atoms with Crippen molar-refractivity contribution in [1.82, 2.24) is 0 Å². The molecule has 0 bridgehead atoms. The first-order chi connectivity index (χ1) is 12.9. The fraction of sp³-hybridized carbons (Fsp3) is 0.304. The van der Waals surface area contributed by atoms with Crippen LogP contribution in [-0.2, 0) is 15.9 Å². The standard InChI is InChI=1S/C23H26BNO2/c1-22(2)23(3,4)27-24(26-22)21-18(16-25-19-11-6-5-7-12-19)15-14-17-10-8-9-13-20(17)21/h5-15,25H,16H2,1-4H3. The Labute approximate surface area is 161 Å². The van der Waals surface area contributed by atoms with E-state index in [1.165, 1.54) is 16.3 Å². The Morgan fingerprint density at radius 1 is 0.778 bits per heavy atom. The smallest absolute Gasteiger partial charge is 0.399 e. The molecular weight excluding hydrogens is 333 g/mol. The van der Waals surface area contributed by atoms with Crippen molar-refractivity contribution in [3.8, 4) is 0 Å². The van der Waals surface area contributed by atoms with Crippen LogP contribution in [0.1, 0.15) is 33.3 Å². The van der Waals surface area contributed by atoms with Gasteiger partial charge in [0.1, 0.15) is 0 Å². The molecule has 0 atom stereocenters. The van der Waals surface area contributed by atoms with Crippen LogP contribution in [0.25, 0.3) is 10.8 Å². The van der Waals surface area contributed by atoms with Crippen LogP contribution in [0, 0.1) is 0 Å². The van der Waals surface area contributed by atoms with Gasteiger partial charge in [0.05, 0.1) is 11.2 Å². The van der Waals surface area contributed by atoms with E-state index in [0.717, 1.165) is 11.2 Å². The second-order valence-corrected chi connectivity index (χ2v) is 8.17. The topological polar surface area (TPSA) is 30.5 Å². The van der Waals surface area contributed by atoms with Crippen molar-refractivity contribution in [3.63, 3.8) is 0 Å². The van der Waals surface area contributed by atoms with E-state index < -0.39 is 0 Å². The number of para-hydroxylation sites is 1. The third-order valence-corrected chi connectivity index (χ3v) is 5.81. The molecule has 27 heavy (non-hydrogen) atoms. The van der Waals surface area contributed by atoms with Crippen molar-refractivity contribution in [3.05, 3.63) is 72.3 Å². The van der Waals surface area contributed by atoms with Gasteiger partial charge in [-0.3, -0.25) is 0 Å². The van der Waals surface area contributed by atoms with Crippen molar-refractivity contribution in [2.24, 2.45) is 0 Å². The van der Waals surface area contributed by atoms with Gasteiger partial charge in [-0.05, 0) is 61.6 Å². The van der Waals surface area contributed by atoms with Crippen LogP contribution in [0.2, 0.25) is 0 Å². The molecule has 1 saturated heterocycles. The Balaban J connectivity index is 1.75. The molecule has 1 aliphatic heterocycles. The van der Waals surface area contributed by atoms with Crippen LogP contribution in [0.3, 0.4) is 0 Å². The van der Waals surface area contributed by atoms with E-state index in [1.54, 1.807) is 0 Å². The zero-order chi connectivity index (χ0) is 19.1. The third kappa shape index (κ3) is 3.35. The van der Waals surface area contributed by atoms with E-state index in [2.05, 4.69) is 81.5 Å². The van der Waals surface area contributed by atoms with Gasteiger partial charge in [0.2, 0.25) is 0 Å². The van der Waals surface area contributed by atoms with Crippen molar-refractivity contribution >= 4 is 29.0 Å². The Morgan fingerprint density at radius 3 is 2.11 bits per heavy atom. The Kier molecular flexibility index (Phi) is 4.49.